The average molecular weight is 283 g/mol. The van der Waals surface area contributed by atoms with Crippen molar-refractivity contribution in [3.8, 4) is 0 Å². The van der Waals surface area contributed by atoms with Crippen molar-refractivity contribution < 1.29 is 4.92 Å². The smallest absolute Gasteiger partial charge is 0.275 e. The molecule has 0 spiro atoms. The number of nitro groups is 1. The fourth-order valence-corrected chi connectivity index (χ4v) is 3.00. The van der Waals surface area contributed by atoms with Gasteiger partial charge in [0.15, 0.2) is 0 Å². The SMILES string of the molecule is CC1CCCC(NCc2c(Cl)cccc2[N+](=O)[O-])C1. The van der Waals surface area contributed by atoms with Crippen LogP contribution in [0.15, 0.2) is 18.2 Å². The highest BCUT2D eigenvalue weighted by Gasteiger charge is 2.21. The average Bonchev–Trinajstić information content (AvgIpc) is 2.37. The fraction of sp³-hybridized carbons (Fsp3) is 0.571. The van der Waals surface area contributed by atoms with Gasteiger partial charge in [0.2, 0.25) is 0 Å². The summed E-state index contributed by atoms with van der Waals surface area (Å²) in [4.78, 5) is 10.6. The van der Waals surface area contributed by atoms with Gasteiger partial charge in [0.25, 0.3) is 5.69 Å². The van der Waals surface area contributed by atoms with Gasteiger partial charge in [-0.2, -0.15) is 0 Å². The summed E-state index contributed by atoms with van der Waals surface area (Å²) >= 11 is 6.08. The van der Waals surface area contributed by atoms with Crippen molar-refractivity contribution in [2.45, 2.75) is 45.2 Å². The second kappa shape index (κ2) is 6.35. The van der Waals surface area contributed by atoms with E-state index in [2.05, 4.69) is 12.2 Å². The van der Waals surface area contributed by atoms with Crippen LogP contribution in [0.1, 0.15) is 38.2 Å². The summed E-state index contributed by atoms with van der Waals surface area (Å²) in [6.07, 6.45) is 4.79. The first kappa shape index (κ1) is 14.3. The highest BCUT2D eigenvalue weighted by atomic mass is 35.5. The van der Waals surface area contributed by atoms with Crippen LogP contribution in [0, 0.1) is 16.0 Å². The molecule has 104 valence electrons. The lowest BCUT2D eigenvalue weighted by atomic mass is 9.87. The van der Waals surface area contributed by atoms with Crippen molar-refractivity contribution in [3.05, 3.63) is 38.9 Å². The van der Waals surface area contributed by atoms with Crippen LogP contribution in [0.25, 0.3) is 0 Å². The molecule has 0 aliphatic heterocycles. The molecule has 0 bridgehead atoms. The number of hydrogen-bond acceptors (Lipinski definition) is 3. The Labute approximate surface area is 118 Å². The predicted molar refractivity (Wildman–Crippen MR) is 76.4 cm³/mol. The number of hydrogen-bond donors (Lipinski definition) is 1. The number of rotatable bonds is 4. The van der Waals surface area contributed by atoms with Crippen LogP contribution in [0.3, 0.4) is 0 Å². The predicted octanol–water partition coefficient (Wildman–Crippen LogP) is 3.92. The van der Waals surface area contributed by atoms with Crippen molar-refractivity contribution >= 4 is 17.3 Å². The van der Waals surface area contributed by atoms with Crippen LogP contribution in [-0.2, 0) is 6.54 Å². The van der Waals surface area contributed by atoms with Gasteiger partial charge in [-0.3, -0.25) is 10.1 Å². The molecule has 2 unspecified atom stereocenters. The van der Waals surface area contributed by atoms with Gasteiger partial charge in [0.1, 0.15) is 0 Å². The van der Waals surface area contributed by atoms with E-state index in [4.69, 9.17) is 11.6 Å². The quantitative estimate of drug-likeness (QED) is 0.673. The minimum absolute atomic E-state index is 0.101. The molecule has 19 heavy (non-hydrogen) atoms. The molecule has 1 N–H and O–H groups in total. The summed E-state index contributed by atoms with van der Waals surface area (Å²) in [5, 5.41) is 14.9. The fourth-order valence-electron chi connectivity index (χ4n) is 2.76. The number of nitrogens with zero attached hydrogens (tertiary/aromatic N) is 1. The summed E-state index contributed by atoms with van der Waals surface area (Å²) < 4.78 is 0. The molecule has 2 atom stereocenters. The minimum atomic E-state index is -0.369. The van der Waals surface area contributed by atoms with E-state index in [0.29, 0.717) is 23.2 Å². The largest absolute Gasteiger partial charge is 0.310 e. The van der Waals surface area contributed by atoms with E-state index in [1.165, 1.54) is 18.9 Å². The van der Waals surface area contributed by atoms with Crippen molar-refractivity contribution in [2.24, 2.45) is 5.92 Å². The van der Waals surface area contributed by atoms with Gasteiger partial charge in [0.05, 0.1) is 15.5 Å². The summed E-state index contributed by atoms with van der Waals surface area (Å²) in [6, 6.07) is 5.27. The molecule has 1 saturated carbocycles. The molecule has 4 nitrogen and oxygen atoms in total. The minimum Gasteiger partial charge on any atom is -0.310 e. The maximum atomic E-state index is 11.0. The molecule has 1 fully saturated rings. The van der Waals surface area contributed by atoms with Crippen molar-refractivity contribution in [1.82, 2.24) is 5.32 Å². The van der Waals surface area contributed by atoms with E-state index in [0.717, 1.165) is 18.8 Å². The first-order valence-electron chi connectivity index (χ1n) is 6.73. The molecule has 1 aliphatic carbocycles. The van der Waals surface area contributed by atoms with Gasteiger partial charge in [-0.05, 0) is 24.8 Å². The van der Waals surface area contributed by atoms with E-state index in [1.54, 1.807) is 12.1 Å². The molecule has 0 amide bonds. The second-order valence-corrected chi connectivity index (χ2v) is 5.75. The van der Waals surface area contributed by atoms with E-state index < -0.39 is 0 Å². The van der Waals surface area contributed by atoms with E-state index in [9.17, 15) is 10.1 Å². The Morgan fingerprint density at radius 2 is 2.26 bits per heavy atom. The molecule has 0 radical (unpaired) electrons. The van der Waals surface area contributed by atoms with E-state index >= 15 is 0 Å². The topological polar surface area (TPSA) is 55.2 Å². The Morgan fingerprint density at radius 3 is 2.95 bits per heavy atom. The number of nitrogens with one attached hydrogen (secondary N) is 1. The summed E-state index contributed by atoms with van der Waals surface area (Å²) in [5.74, 6) is 0.729. The third-order valence-corrected chi connectivity index (χ3v) is 4.15. The third-order valence-electron chi connectivity index (χ3n) is 3.79. The van der Waals surface area contributed by atoms with Gasteiger partial charge in [-0.25, -0.2) is 0 Å². The maximum absolute atomic E-state index is 11.0. The standard InChI is InChI=1S/C14H19ClN2O2/c1-10-4-2-5-11(8-10)16-9-12-13(15)6-3-7-14(12)17(18)19/h3,6-7,10-11,16H,2,4-5,8-9H2,1H3. The van der Waals surface area contributed by atoms with Gasteiger partial charge in [0, 0.05) is 18.7 Å². The van der Waals surface area contributed by atoms with Crippen LogP contribution in [0.5, 0.6) is 0 Å². The van der Waals surface area contributed by atoms with Crippen LogP contribution in [0.4, 0.5) is 5.69 Å². The van der Waals surface area contributed by atoms with Crippen LogP contribution in [0.2, 0.25) is 5.02 Å². The second-order valence-electron chi connectivity index (χ2n) is 5.34. The van der Waals surface area contributed by atoms with E-state index in [-0.39, 0.29) is 10.6 Å². The first-order chi connectivity index (χ1) is 9.08. The monoisotopic (exact) mass is 282 g/mol. The van der Waals surface area contributed by atoms with Crippen LogP contribution >= 0.6 is 11.6 Å². The lowest BCUT2D eigenvalue weighted by Gasteiger charge is -2.27. The van der Waals surface area contributed by atoms with Crippen LogP contribution < -0.4 is 5.32 Å². The Balaban J connectivity index is 2.04. The normalized spacial score (nSPS) is 23.3. The Morgan fingerprint density at radius 1 is 1.47 bits per heavy atom. The Kier molecular flexibility index (Phi) is 4.77. The van der Waals surface area contributed by atoms with Crippen molar-refractivity contribution in [3.63, 3.8) is 0 Å². The lowest BCUT2D eigenvalue weighted by molar-refractivity contribution is -0.385. The summed E-state index contributed by atoms with van der Waals surface area (Å²) in [7, 11) is 0. The number of benzene rings is 1. The zero-order valence-corrected chi connectivity index (χ0v) is 11.8. The van der Waals surface area contributed by atoms with Gasteiger partial charge < -0.3 is 5.32 Å². The highest BCUT2D eigenvalue weighted by Crippen LogP contribution is 2.28. The summed E-state index contributed by atoms with van der Waals surface area (Å²) in [5.41, 5.74) is 0.691. The number of nitro benzene ring substituents is 1. The van der Waals surface area contributed by atoms with Gasteiger partial charge >= 0.3 is 0 Å². The van der Waals surface area contributed by atoms with Crippen molar-refractivity contribution in [1.29, 1.82) is 0 Å². The zero-order chi connectivity index (χ0) is 13.8. The zero-order valence-electron chi connectivity index (χ0n) is 11.1. The maximum Gasteiger partial charge on any atom is 0.275 e. The molecule has 5 heteroatoms. The molecule has 1 aromatic rings. The molecule has 1 aromatic carbocycles. The molecular weight excluding hydrogens is 264 g/mol. The molecule has 0 aromatic heterocycles. The summed E-state index contributed by atoms with van der Waals surface area (Å²) in [6.45, 7) is 2.72. The highest BCUT2D eigenvalue weighted by molar-refractivity contribution is 6.31. The van der Waals surface area contributed by atoms with Gasteiger partial charge in [-0.15, -0.1) is 0 Å². The molecule has 0 heterocycles. The first-order valence-corrected chi connectivity index (χ1v) is 7.11. The Hall–Kier alpha value is -1.13. The molecular formula is C14H19ClN2O2. The van der Waals surface area contributed by atoms with Crippen LogP contribution in [-0.4, -0.2) is 11.0 Å². The van der Waals surface area contributed by atoms with E-state index in [1.807, 2.05) is 0 Å². The molecule has 1 aliphatic rings. The van der Waals surface area contributed by atoms with Crippen molar-refractivity contribution in [2.75, 3.05) is 0 Å². The van der Waals surface area contributed by atoms with Gasteiger partial charge in [-0.1, -0.05) is 37.4 Å². The lowest BCUT2D eigenvalue weighted by Crippen LogP contribution is -2.33. The molecule has 0 saturated heterocycles. The number of halogens is 1. The third kappa shape index (κ3) is 3.67. The Bertz CT molecular complexity index is 465. The molecule has 2 rings (SSSR count).